The summed E-state index contributed by atoms with van der Waals surface area (Å²) < 4.78 is 2.33. The van der Waals surface area contributed by atoms with E-state index in [1.54, 1.807) is 0 Å². The summed E-state index contributed by atoms with van der Waals surface area (Å²) in [6.45, 7) is 4.45. The largest absolute Gasteiger partial charge is 0.396 e. The molecule has 0 fully saturated rings. The number of aromatic nitrogens is 2. The fourth-order valence-corrected chi connectivity index (χ4v) is 2.67. The molecule has 116 valence electrons. The molecule has 1 heterocycles. The molecule has 0 spiro atoms. The summed E-state index contributed by atoms with van der Waals surface area (Å²) in [5.41, 5.74) is 3.64. The highest BCUT2D eigenvalue weighted by molar-refractivity contribution is 5.77. The van der Waals surface area contributed by atoms with Crippen LogP contribution in [0.15, 0.2) is 18.2 Å². The molecule has 0 radical (unpaired) electrons. The summed E-state index contributed by atoms with van der Waals surface area (Å²) in [5, 5.41) is 9.08. The zero-order valence-electron chi connectivity index (χ0n) is 13.5. The minimum absolute atomic E-state index is 0.223. The van der Waals surface area contributed by atoms with E-state index in [2.05, 4.69) is 48.7 Å². The van der Waals surface area contributed by atoms with Gasteiger partial charge in [0.1, 0.15) is 5.82 Å². The van der Waals surface area contributed by atoms with Gasteiger partial charge in [-0.25, -0.2) is 4.98 Å². The lowest BCUT2D eigenvalue weighted by Gasteiger charge is -2.12. The number of benzene rings is 1. The van der Waals surface area contributed by atoms with Crippen LogP contribution in [0.3, 0.4) is 0 Å². The maximum atomic E-state index is 9.08. The third-order valence-electron chi connectivity index (χ3n) is 3.85. The van der Waals surface area contributed by atoms with Gasteiger partial charge in [0.15, 0.2) is 0 Å². The highest BCUT2D eigenvalue weighted by atomic mass is 16.2. The molecular formula is C17H27N3O. The van der Waals surface area contributed by atoms with Crippen LogP contribution < -0.4 is 0 Å². The second kappa shape index (κ2) is 7.57. The van der Waals surface area contributed by atoms with Crippen LogP contribution in [-0.4, -0.2) is 46.8 Å². The molecule has 21 heavy (non-hydrogen) atoms. The number of rotatable bonds is 8. The van der Waals surface area contributed by atoms with Gasteiger partial charge in [0.2, 0.25) is 0 Å². The van der Waals surface area contributed by atoms with Crippen molar-refractivity contribution in [3.05, 3.63) is 29.6 Å². The van der Waals surface area contributed by atoms with E-state index in [-0.39, 0.29) is 6.61 Å². The van der Waals surface area contributed by atoms with Crippen LogP contribution in [0.4, 0.5) is 0 Å². The summed E-state index contributed by atoms with van der Waals surface area (Å²) >= 11 is 0. The Hall–Kier alpha value is -1.39. The van der Waals surface area contributed by atoms with Crippen molar-refractivity contribution in [2.75, 3.05) is 27.2 Å². The van der Waals surface area contributed by atoms with Crippen molar-refractivity contribution < 1.29 is 5.11 Å². The Labute approximate surface area is 127 Å². The van der Waals surface area contributed by atoms with Gasteiger partial charge in [-0.2, -0.15) is 0 Å². The van der Waals surface area contributed by atoms with Crippen LogP contribution in [0.1, 0.15) is 31.2 Å². The van der Waals surface area contributed by atoms with Gasteiger partial charge in [-0.05, 0) is 57.6 Å². The SMILES string of the molecule is CCc1ccc2c(c1)nc(CCCO)n2CCCN(C)C. The predicted octanol–water partition coefficient (Wildman–Crippen LogP) is 2.48. The van der Waals surface area contributed by atoms with E-state index >= 15 is 0 Å². The number of imidazole rings is 1. The fourth-order valence-electron chi connectivity index (χ4n) is 2.67. The standard InChI is InChI=1S/C17H27N3O/c1-4-14-8-9-16-15(13-14)18-17(7-5-12-21)20(16)11-6-10-19(2)3/h8-9,13,21H,4-7,10-12H2,1-3H3. The molecule has 0 aliphatic rings. The van der Waals surface area contributed by atoms with Gasteiger partial charge in [0, 0.05) is 19.6 Å². The molecule has 1 N–H and O–H groups in total. The van der Waals surface area contributed by atoms with Crippen molar-refractivity contribution in [3.8, 4) is 0 Å². The average molecular weight is 289 g/mol. The molecule has 0 bridgehead atoms. The number of aryl methyl sites for hydroxylation is 3. The lowest BCUT2D eigenvalue weighted by Crippen LogP contribution is -2.16. The Morgan fingerprint density at radius 1 is 1.24 bits per heavy atom. The summed E-state index contributed by atoms with van der Waals surface area (Å²) in [7, 11) is 4.21. The van der Waals surface area contributed by atoms with Crippen molar-refractivity contribution in [1.29, 1.82) is 0 Å². The van der Waals surface area contributed by atoms with Gasteiger partial charge in [0.25, 0.3) is 0 Å². The number of aliphatic hydroxyl groups is 1. The number of hydrogen-bond acceptors (Lipinski definition) is 3. The van der Waals surface area contributed by atoms with Gasteiger partial charge in [-0.1, -0.05) is 13.0 Å². The predicted molar refractivity (Wildman–Crippen MR) is 87.7 cm³/mol. The first kappa shape index (κ1) is 16.0. The zero-order chi connectivity index (χ0) is 15.2. The first-order valence-electron chi connectivity index (χ1n) is 7.89. The summed E-state index contributed by atoms with van der Waals surface area (Å²) in [6.07, 6.45) is 3.77. The lowest BCUT2D eigenvalue weighted by molar-refractivity contribution is 0.286. The Kier molecular flexibility index (Phi) is 5.76. The van der Waals surface area contributed by atoms with Gasteiger partial charge in [-0.15, -0.1) is 0 Å². The molecule has 0 saturated carbocycles. The summed E-state index contributed by atoms with van der Waals surface area (Å²) in [4.78, 5) is 7.00. The molecule has 2 rings (SSSR count). The van der Waals surface area contributed by atoms with Crippen molar-refractivity contribution in [3.63, 3.8) is 0 Å². The molecule has 0 saturated heterocycles. The first-order valence-corrected chi connectivity index (χ1v) is 7.89. The normalized spacial score (nSPS) is 11.7. The number of nitrogens with zero attached hydrogens (tertiary/aromatic N) is 3. The molecule has 0 atom stereocenters. The van der Waals surface area contributed by atoms with Crippen LogP contribution in [0.25, 0.3) is 11.0 Å². The number of hydrogen-bond donors (Lipinski definition) is 1. The van der Waals surface area contributed by atoms with Crippen LogP contribution >= 0.6 is 0 Å². The van der Waals surface area contributed by atoms with E-state index in [0.717, 1.165) is 50.1 Å². The third kappa shape index (κ3) is 4.05. The number of fused-ring (bicyclic) bond motifs is 1. The molecule has 1 aromatic carbocycles. The molecule has 4 heteroatoms. The van der Waals surface area contributed by atoms with Crippen molar-refractivity contribution in [1.82, 2.24) is 14.5 Å². The highest BCUT2D eigenvalue weighted by Crippen LogP contribution is 2.20. The van der Waals surface area contributed by atoms with E-state index in [1.807, 2.05) is 0 Å². The monoisotopic (exact) mass is 289 g/mol. The Morgan fingerprint density at radius 3 is 2.71 bits per heavy atom. The Morgan fingerprint density at radius 2 is 2.05 bits per heavy atom. The molecular weight excluding hydrogens is 262 g/mol. The maximum Gasteiger partial charge on any atom is 0.109 e. The van der Waals surface area contributed by atoms with E-state index in [9.17, 15) is 0 Å². The smallest absolute Gasteiger partial charge is 0.109 e. The molecule has 0 aliphatic heterocycles. The minimum Gasteiger partial charge on any atom is -0.396 e. The summed E-state index contributed by atoms with van der Waals surface area (Å²) in [5.74, 6) is 1.10. The highest BCUT2D eigenvalue weighted by Gasteiger charge is 2.10. The molecule has 0 unspecified atom stereocenters. The maximum absolute atomic E-state index is 9.08. The zero-order valence-corrected chi connectivity index (χ0v) is 13.5. The van der Waals surface area contributed by atoms with Gasteiger partial charge < -0.3 is 14.6 Å². The van der Waals surface area contributed by atoms with Crippen molar-refractivity contribution in [2.45, 2.75) is 39.2 Å². The van der Waals surface area contributed by atoms with Gasteiger partial charge in [-0.3, -0.25) is 0 Å². The quantitative estimate of drug-likeness (QED) is 0.811. The van der Waals surface area contributed by atoms with Crippen molar-refractivity contribution in [2.24, 2.45) is 0 Å². The minimum atomic E-state index is 0.223. The third-order valence-corrected chi connectivity index (χ3v) is 3.85. The van der Waals surface area contributed by atoms with Crippen LogP contribution in [-0.2, 0) is 19.4 Å². The lowest BCUT2D eigenvalue weighted by atomic mass is 10.1. The van der Waals surface area contributed by atoms with E-state index < -0.39 is 0 Å². The van der Waals surface area contributed by atoms with E-state index in [0.29, 0.717) is 0 Å². The van der Waals surface area contributed by atoms with E-state index in [1.165, 1.54) is 11.1 Å². The van der Waals surface area contributed by atoms with Gasteiger partial charge in [0.05, 0.1) is 11.0 Å². The van der Waals surface area contributed by atoms with Gasteiger partial charge >= 0.3 is 0 Å². The Balaban J connectivity index is 2.28. The second-order valence-electron chi connectivity index (χ2n) is 5.84. The first-order chi connectivity index (χ1) is 10.2. The molecule has 0 amide bonds. The van der Waals surface area contributed by atoms with Crippen LogP contribution in [0.2, 0.25) is 0 Å². The topological polar surface area (TPSA) is 41.3 Å². The summed E-state index contributed by atoms with van der Waals surface area (Å²) in [6, 6.07) is 6.59. The van der Waals surface area contributed by atoms with E-state index in [4.69, 9.17) is 10.1 Å². The molecule has 4 nitrogen and oxygen atoms in total. The van der Waals surface area contributed by atoms with Crippen LogP contribution in [0.5, 0.6) is 0 Å². The Bertz CT molecular complexity index is 575. The second-order valence-corrected chi connectivity index (χ2v) is 5.84. The fraction of sp³-hybridized carbons (Fsp3) is 0.588. The molecule has 1 aromatic heterocycles. The van der Waals surface area contributed by atoms with Crippen LogP contribution in [0, 0.1) is 0 Å². The molecule has 2 aromatic rings. The number of aliphatic hydroxyl groups excluding tert-OH is 1. The van der Waals surface area contributed by atoms with Crippen molar-refractivity contribution >= 4 is 11.0 Å². The average Bonchev–Trinajstić information content (AvgIpc) is 2.81. The molecule has 0 aliphatic carbocycles.